The summed E-state index contributed by atoms with van der Waals surface area (Å²) in [5.41, 5.74) is 10.9. The van der Waals surface area contributed by atoms with E-state index in [-0.39, 0.29) is 12.0 Å². The van der Waals surface area contributed by atoms with Crippen LogP contribution in [-0.4, -0.2) is 25.0 Å². The van der Waals surface area contributed by atoms with E-state index < -0.39 is 24.6 Å². The molecular formula is C23H29N3O6. The molecule has 0 aliphatic rings. The molecule has 0 bridgehead atoms. The van der Waals surface area contributed by atoms with Gasteiger partial charge in [0.05, 0.1) is 6.10 Å². The lowest BCUT2D eigenvalue weighted by molar-refractivity contribution is -0.149. The van der Waals surface area contributed by atoms with Gasteiger partial charge in [-0.25, -0.2) is 15.4 Å². The molecule has 172 valence electrons. The molecule has 0 saturated heterocycles. The van der Waals surface area contributed by atoms with Gasteiger partial charge in [-0.3, -0.25) is 5.43 Å². The number of nitrogens with two attached hydrogens (primary N) is 2. The standard InChI is InChI=1S/C23H29N3O6/c1-14(2)16-5-7-17(8-6-16)18-9-11-19(12-10-18)32-21(26-25)20(24)22(27)29-13-30-23(28)31-15(3)4/h5-12,14-15,26H,13,24-25H2,1-4H3/b21-20+. The van der Waals surface area contributed by atoms with Crippen LogP contribution in [0.5, 0.6) is 5.75 Å². The predicted octanol–water partition coefficient (Wildman–Crippen LogP) is 3.51. The second kappa shape index (κ2) is 11.6. The number of rotatable bonds is 9. The third-order valence-electron chi connectivity index (χ3n) is 4.28. The Kier molecular flexibility index (Phi) is 8.91. The van der Waals surface area contributed by atoms with Crippen molar-refractivity contribution in [1.29, 1.82) is 0 Å². The van der Waals surface area contributed by atoms with E-state index in [1.165, 1.54) is 5.56 Å². The zero-order valence-corrected chi connectivity index (χ0v) is 18.6. The number of ether oxygens (including phenoxy) is 4. The third-order valence-corrected chi connectivity index (χ3v) is 4.28. The van der Waals surface area contributed by atoms with Gasteiger partial charge in [0.15, 0.2) is 5.70 Å². The van der Waals surface area contributed by atoms with Crippen molar-refractivity contribution in [3.05, 3.63) is 65.7 Å². The summed E-state index contributed by atoms with van der Waals surface area (Å²) >= 11 is 0. The summed E-state index contributed by atoms with van der Waals surface area (Å²) in [6, 6.07) is 15.5. The molecule has 9 heteroatoms. The fourth-order valence-corrected chi connectivity index (χ4v) is 2.58. The number of nitrogens with one attached hydrogen (secondary N) is 1. The van der Waals surface area contributed by atoms with Crippen LogP contribution < -0.4 is 21.7 Å². The minimum atomic E-state index is -0.989. The van der Waals surface area contributed by atoms with Crippen molar-refractivity contribution < 1.29 is 28.5 Å². The van der Waals surface area contributed by atoms with Crippen LogP contribution in [0.15, 0.2) is 60.1 Å². The summed E-state index contributed by atoms with van der Waals surface area (Å²) in [5, 5.41) is 0. The molecule has 9 nitrogen and oxygen atoms in total. The summed E-state index contributed by atoms with van der Waals surface area (Å²) in [4.78, 5) is 23.3. The fourth-order valence-electron chi connectivity index (χ4n) is 2.58. The maximum atomic E-state index is 12.0. The highest BCUT2D eigenvalue weighted by atomic mass is 16.8. The normalized spacial score (nSPS) is 11.6. The van der Waals surface area contributed by atoms with Gasteiger partial charge in [-0.2, -0.15) is 0 Å². The lowest BCUT2D eigenvalue weighted by Crippen LogP contribution is -2.32. The average molecular weight is 444 g/mol. The molecule has 0 aliphatic carbocycles. The van der Waals surface area contributed by atoms with Crippen LogP contribution >= 0.6 is 0 Å². The zero-order valence-electron chi connectivity index (χ0n) is 18.6. The summed E-state index contributed by atoms with van der Waals surface area (Å²) in [5.74, 6) is 5.08. The first-order valence-corrected chi connectivity index (χ1v) is 10.1. The van der Waals surface area contributed by atoms with Crippen LogP contribution in [0.4, 0.5) is 4.79 Å². The SMILES string of the molecule is CC(C)OC(=O)OCOC(=O)/C(N)=C(/NN)Oc1ccc(-c2ccc(C(C)C)cc2)cc1. The summed E-state index contributed by atoms with van der Waals surface area (Å²) < 4.78 is 19.7. The molecule has 0 fully saturated rings. The lowest BCUT2D eigenvalue weighted by atomic mass is 9.99. The Morgan fingerprint density at radius 3 is 1.97 bits per heavy atom. The van der Waals surface area contributed by atoms with E-state index in [1.807, 2.05) is 12.1 Å². The number of hydrogen-bond donors (Lipinski definition) is 3. The Morgan fingerprint density at radius 1 is 0.906 bits per heavy atom. The van der Waals surface area contributed by atoms with Crippen molar-refractivity contribution >= 4 is 12.1 Å². The Balaban J connectivity index is 2.00. The molecule has 0 spiro atoms. The lowest BCUT2D eigenvalue weighted by Gasteiger charge is -2.13. The second-order valence-electron chi connectivity index (χ2n) is 7.40. The summed E-state index contributed by atoms with van der Waals surface area (Å²) in [7, 11) is 0. The van der Waals surface area contributed by atoms with Crippen LogP contribution in [0.25, 0.3) is 11.1 Å². The highest BCUT2D eigenvalue weighted by Crippen LogP contribution is 2.25. The fraction of sp³-hybridized carbons (Fsp3) is 0.304. The number of benzene rings is 2. The van der Waals surface area contributed by atoms with Crippen LogP contribution in [0, 0.1) is 0 Å². The topological polar surface area (TPSA) is 135 Å². The van der Waals surface area contributed by atoms with Crippen LogP contribution in [-0.2, 0) is 19.0 Å². The maximum Gasteiger partial charge on any atom is 0.511 e. The molecular weight excluding hydrogens is 414 g/mol. The van der Waals surface area contributed by atoms with Gasteiger partial charge < -0.3 is 24.7 Å². The number of esters is 1. The Bertz CT molecular complexity index is 937. The number of carbonyl (C=O) groups is 2. The second-order valence-corrected chi connectivity index (χ2v) is 7.40. The largest absolute Gasteiger partial charge is 0.511 e. The van der Waals surface area contributed by atoms with Gasteiger partial charge in [0.1, 0.15) is 5.75 Å². The van der Waals surface area contributed by atoms with Gasteiger partial charge in [0.2, 0.25) is 12.7 Å². The average Bonchev–Trinajstić information content (AvgIpc) is 2.77. The van der Waals surface area contributed by atoms with Crippen LogP contribution in [0.2, 0.25) is 0 Å². The quantitative estimate of drug-likeness (QED) is 0.133. The molecule has 0 saturated carbocycles. The van der Waals surface area contributed by atoms with Gasteiger partial charge in [0, 0.05) is 0 Å². The molecule has 2 aromatic rings. The molecule has 0 heterocycles. The first-order valence-electron chi connectivity index (χ1n) is 10.1. The van der Waals surface area contributed by atoms with Crippen molar-refractivity contribution in [1.82, 2.24) is 5.43 Å². The highest BCUT2D eigenvalue weighted by Gasteiger charge is 2.17. The first-order chi connectivity index (χ1) is 15.2. The van der Waals surface area contributed by atoms with E-state index in [9.17, 15) is 9.59 Å². The molecule has 0 aromatic heterocycles. The maximum absolute atomic E-state index is 12.0. The van der Waals surface area contributed by atoms with E-state index in [2.05, 4.69) is 48.3 Å². The van der Waals surface area contributed by atoms with Crippen molar-refractivity contribution in [2.75, 3.05) is 6.79 Å². The summed E-state index contributed by atoms with van der Waals surface area (Å²) in [6.45, 7) is 6.92. The Hall–Kier alpha value is -3.72. The van der Waals surface area contributed by atoms with E-state index in [1.54, 1.807) is 26.0 Å². The van der Waals surface area contributed by atoms with Gasteiger partial charge in [0.25, 0.3) is 0 Å². The zero-order chi connectivity index (χ0) is 23.7. The first kappa shape index (κ1) is 24.5. The number of hydrazine groups is 1. The van der Waals surface area contributed by atoms with E-state index >= 15 is 0 Å². The number of carbonyl (C=O) groups excluding carboxylic acids is 2. The smallest absolute Gasteiger partial charge is 0.438 e. The van der Waals surface area contributed by atoms with Crippen LogP contribution in [0.3, 0.4) is 0 Å². The number of hydrogen-bond acceptors (Lipinski definition) is 9. The minimum absolute atomic E-state index is 0.214. The van der Waals surface area contributed by atoms with Crippen molar-refractivity contribution in [3.8, 4) is 16.9 Å². The Labute approximate surface area is 187 Å². The molecule has 2 aromatic carbocycles. The monoisotopic (exact) mass is 443 g/mol. The molecule has 0 unspecified atom stereocenters. The van der Waals surface area contributed by atoms with Crippen molar-refractivity contribution in [2.45, 2.75) is 39.7 Å². The van der Waals surface area contributed by atoms with Gasteiger partial charge in [-0.15, -0.1) is 0 Å². The Morgan fingerprint density at radius 2 is 1.47 bits per heavy atom. The molecule has 32 heavy (non-hydrogen) atoms. The van der Waals surface area contributed by atoms with Crippen LogP contribution in [0.1, 0.15) is 39.2 Å². The van der Waals surface area contributed by atoms with E-state index in [0.29, 0.717) is 11.7 Å². The van der Waals surface area contributed by atoms with E-state index in [4.69, 9.17) is 25.8 Å². The van der Waals surface area contributed by atoms with Crippen molar-refractivity contribution in [2.24, 2.45) is 11.6 Å². The minimum Gasteiger partial charge on any atom is -0.438 e. The van der Waals surface area contributed by atoms with E-state index in [0.717, 1.165) is 11.1 Å². The molecule has 0 radical (unpaired) electrons. The van der Waals surface area contributed by atoms with Crippen molar-refractivity contribution in [3.63, 3.8) is 0 Å². The summed E-state index contributed by atoms with van der Waals surface area (Å²) in [6.07, 6.45) is -1.34. The molecule has 2 rings (SSSR count). The van der Waals surface area contributed by atoms with Gasteiger partial charge in [-0.1, -0.05) is 50.2 Å². The van der Waals surface area contributed by atoms with Gasteiger partial charge in [-0.05, 0) is 48.6 Å². The molecule has 0 amide bonds. The molecule has 0 atom stereocenters. The molecule has 0 aliphatic heterocycles. The predicted molar refractivity (Wildman–Crippen MR) is 119 cm³/mol. The third kappa shape index (κ3) is 7.21. The molecule has 5 N–H and O–H groups in total. The highest BCUT2D eigenvalue weighted by molar-refractivity contribution is 5.87. The van der Waals surface area contributed by atoms with Gasteiger partial charge >= 0.3 is 12.1 Å².